The third kappa shape index (κ3) is 3.94. The summed E-state index contributed by atoms with van der Waals surface area (Å²) in [5, 5.41) is 0. The van der Waals surface area contributed by atoms with E-state index in [2.05, 4.69) is 6.92 Å². The second-order valence-electron chi connectivity index (χ2n) is 7.15. The van der Waals surface area contributed by atoms with Crippen LogP contribution >= 0.6 is 0 Å². The van der Waals surface area contributed by atoms with Crippen molar-refractivity contribution in [2.45, 2.75) is 32.6 Å². The largest absolute Gasteiger partial charge is 0.342 e. The Bertz CT molecular complexity index is 602. The van der Waals surface area contributed by atoms with Gasteiger partial charge in [-0.15, -0.1) is 0 Å². The van der Waals surface area contributed by atoms with Crippen molar-refractivity contribution in [1.29, 1.82) is 0 Å². The molecule has 2 amide bonds. The Balaban J connectivity index is 1.53. The van der Waals surface area contributed by atoms with Crippen molar-refractivity contribution in [2.75, 3.05) is 26.2 Å². The van der Waals surface area contributed by atoms with E-state index in [-0.39, 0.29) is 23.5 Å². The first kappa shape index (κ1) is 16.9. The fourth-order valence-electron chi connectivity index (χ4n) is 3.72. The van der Waals surface area contributed by atoms with Crippen molar-refractivity contribution in [3.63, 3.8) is 0 Å². The molecule has 2 atom stereocenters. The van der Waals surface area contributed by atoms with Crippen molar-refractivity contribution in [3.8, 4) is 0 Å². The minimum absolute atomic E-state index is 0.0560. The molecule has 0 spiro atoms. The van der Waals surface area contributed by atoms with Crippen LogP contribution in [0.25, 0.3) is 0 Å². The fraction of sp³-hybridized carbons (Fsp3) is 0.579. The molecular formula is C19H25FN2O2. The molecule has 1 aromatic rings. The van der Waals surface area contributed by atoms with Gasteiger partial charge in [0, 0.05) is 32.6 Å². The van der Waals surface area contributed by atoms with Crippen molar-refractivity contribution in [1.82, 2.24) is 9.80 Å². The first-order valence-corrected chi connectivity index (χ1v) is 8.84. The van der Waals surface area contributed by atoms with Crippen LogP contribution in [-0.2, 0) is 16.0 Å². The molecule has 5 heteroatoms. The molecule has 2 aliphatic heterocycles. The van der Waals surface area contributed by atoms with Crippen LogP contribution in [0.15, 0.2) is 24.3 Å². The first-order chi connectivity index (χ1) is 11.5. The Morgan fingerprint density at radius 3 is 2.71 bits per heavy atom. The predicted molar refractivity (Wildman–Crippen MR) is 89.8 cm³/mol. The lowest BCUT2D eigenvalue weighted by Gasteiger charge is -2.32. The van der Waals surface area contributed by atoms with Crippen molar-refractivity contribution >= 4 is 11.8 Å². The van der Waals surface area contributed by atoms with Crippen LogP contribution in [0, 0.1) is 17.7 Å². The predicted octanol–water partition coefficient (Wildman–Crippen LogP) is 2.48. The molecule has 1 aromatic carbocycles. The lowest BCUT2D eigenvalue weighted by Crippen LogP contribution is -2.43. The molecule has 0 radical (unpaired) electrons. The minimum atomic E-state index is -0.252. The maximum Gasteiger partial charge on any atom is 0.228 e. The number of halogens is 1. The minimum Gasteiger partial charge on any atom is -0.342 e. The summed E-state index contributed by atoms with van der Waals surface area (Å²) in [6.07, 6.45) is 3.25. The molecule has 2 saturated heterocycles. The number of rotatable bonds is 4. The van der Waals surface area contributed by atoms with Gasteiger partial charge in [-0.1, -0.05) is 19.1 Å². The van der Waals surface area contributed by atoms with Crippen LogP contribution in [0.2, 0.25) is 0 Å². The van der Waals surface area contributed by atoms with E-state index in [4.69, 9.17) is 0 Å². The average Bonchev–Trinajstić information content (AvgIpc) is 2.94. The zero-order chi connectivity index (χ0) is 17.1. The number of hydrogen-bond donors (Lipinski definition) is 0. The van der Waals surface area contributed by atoms with Crippen LogP contribution in [0.3, 0.4) is 0 Å². The Kier molecular flexibility index (Phi) is 5.17. The topological polar surface area (TPSA) is 40.6 Å². The van der Waals surface area contributed by atoms with Crippen LogP contribution < -0.4 is 0 Å². The van der Waals surface area contributed by atoms with Gasteiger partial charge in [0.1, 0.15) is 5.82 Å². The molecule has 2 fully saturated rings. The molecule has 0 aliphatic carbocycles. The van der Waals surface area contributed by atoms with Crippen LogP contribution in [0.5, 0.6) is 0 Å². The molecule has 3 rings (SSSR count). The van der Waals surface area contributed by atoms with E-state index in [1.807, 2.05) is 4.90 Å². The van der Waals surface area contributed by atoms with Crippen molar-refractivity contribution in [2.24, 2.45) is 11.8 Å². The number of nitrogens with zero attached hydrogens (tertiary/aromatic N) is 2. The highest BCUT2D eigenvalue weighted by molar-refractivity contribution is 5.89. The maximum absolute atomic E-state index is 12.9. The van der Waals surface area contributed by atoms with Crippen LogP contribution in [-0.4, -0.2) is 47.8 Å². The van der Waals surface area contributed by atoms with E-state index in [0.29, 0.717) is 31.8 Å². The molecule has 0 bridgehead atoms. The van der Waals surface area contributed by atoms with Gasteiger partial charge in [0.15, 0.2) is 0 Å². The molecule has 0 saturated carbocycles. The Morgan fingerprint density at radius 2 is 2.00 bits per heavy atom. The summed E-state index contributed by atoms with van der Waals surface area (Å²) in [5.41, 5.74) is 1.00. The third-order valence-electron chi connectivity index (χ3n) is 5.12. The molecule has 4 nitrogen and oxygen atoms in total. The zero-order valence-corrected chi connectivity index (χ0v) is 14.2. The van der Waals surface area contributed by atoms with Gasteiger partial charge in [-0.25, -0.2) is 4.39 Å². The second kappa shape index (κ2) is 7.32. The summed E-state index contributed by atoms with van der Waals surface area (Å²) in [7, 11) is 0. The number of carbonyl (C=O) groups is 2. The van der Waals surface area contributed by atoms with E-state index < -0.39 is 0 Å². The highest BCUT2D eigenvalue weighted by atomic mass is 19.1. The quantitative estimate of drug-likeness (QED) is 0.850. The normalized spacial score (nSPS) is 24.5. The van der Waals surface area contributed by atoms with E-state index in [1.165, 1.54) is 18.6 Å². The second-order valence-corrected chi connectivity index (χ2v) is 7.15. The Morgan fingerprint density at radius 1 is 1.25 bits per heavy atom. The van der Waals surface area contributed by atoms with Gasteiger partial charge in [-0.2, -0.15) is 0 Å². The summed E-state index contributed by atoms with van der Waals surface area (Å²) in [4.78, 5) is 28.6. The van der Waals surface area contributed by atoms with E-state index in [9.17, 15) is 14.0 Å². The first-order valence-electron chi connectivity index (χ1n) is 8.84. The molecule has 2 aliphatic rings. The summed E-state index contributed by atoms with van der Waals surface area (Å²) in [6, 6.07) is 6.36. The number of hydrogen-bond acceptors (Lipinski definition) is 2. The molecule has 2 heterocycles. The van der Waals surface area contributed by atoms with Crippen molar-refractivity contribution in [3.05, 3.63) is 35.6 Å². The molecule has 0 N–H and O–H groups in total. The van der Waals surface area contributed by atoms with E-state index >= 15 is 0 Å². The lowest BCUT2D eigenvalue weighted by molar-refractivity contribution is -0.137. The standard InChI is InChI=1S/C19H25FN2O2/c1-14-3-2-9-22(12-14)19(24)16-11-18(23)21(13-16)10-8-15-4-6-17(20)7-5-15/h4-7,14,16H,2-3,8-13H2,1H3. The van der Waals surface area contributed by atoms with Gasteiger partial charge in [0.05, 0.1) is 5.92 Å². The molecule has 130 valence electrons. The SMILES string of the molecule is CC1CCCN(C(=O)C2CC(=O)N(CCc3ccc(F)cc3)C2)C1. The third-order valence-corrected chi connectivity index (χ3v) is 5.12. The molecule has 2 unspecified atom stereocenters. The van der Waals surface area contributed by atoms with Gasteiger partial charge in [-0.05, 0) is 42.9 Å². The number of benzene rings is 1. The van der Waals surface area contributed by atoms with Gasteiger partial charge < -0.3 is 9.80 Å². The monoisotopic (exact) mass is 332 g/mol. The van der Waals surface area contributed by atoms with Gasteiger partial charge in [0.2, 0.25) is 11.8 Å². The van der Waals surface area contributed by atoms with Gasteiger partial charge in [0.25, 0.3) is 0 Å². The number of amides is 2. The number of likely N-dealkylation sites (tertiary alicyclic amines) is 2. The summed E-state index contributed by atoms with van der Waals surface area (Å²) < 4.78 is 12.9. The highest BCUT2D eigenvalue weighted by Gasteiger charge is 2.37. The van der Waals surface area contributed by atoms with Crippen LogP contribution in [0.4, 0.5) is 4.39 Å². The average molecular weight is 332 g/mol. The maximum atomic E-state index is 12.9. The molecule has 0 aromatic heterocycles. The molecular weight excluding hydrogens is 307 g/mol. The summed E-state index contributed by atoms with van der Waals surface area (Å²) in [5.74, 6) is 0.294. The summed E-state index contributed by atoms with van der Waals surface area (Å²) >= 11 is 0. The fourth-order valence-corrected chi connectivity index (χ4v) is 3.72. The number of piperidine rings is 1. The Labute approximate surface area is 142 Å². The lowest BCUT2D eigenvalue weighted by atomic mass is 9.98. The molecule has 24 heavy (non-hydrogen) atoms. The van der Waals surface area contributed by atoms with Crippen molar-refractivity contribution < 1.29 is 14.0 Å². The van der Waals surface area contributed by atoms with Crippen LogP contribution in [0.1, 0.15) is 31.7 Å². The zero-order valence-electron chi connectivity index (χ0n) is 14.2. The van der Waals surface area contributed by atoms with E-state index in [1.54, 1.807) is 17.0 Å². The van der Waals surface area contributed by atoms with Gasteiger partial charge in [-0.3, -0.25) is 9.59 Å². The number of carbonyl (C=O) groups excluding carboxylic acids is 2. The Hall–Kier alpha value is -1.91. The smallest absolute Gasteiger partial charge is 0.228 e. The van der Waals surface area contributed by atoms with E-state index in [0.717, 1.165) is 25.1 Å². The summed E-state index contributed by atoms with van der Waals surface area (Å²) in [6.45, 7) is 4.92. The van der Waals surface area contributed by atoms with Gasteiger partial charge >= 0.3 is 0 Å². The highest BCUT2D eigenvalue weighted by Crippen LogP contribution is 2.24.